The van der Waals surface area contributed by atoms with Crippen LogP contribution >= 0.6 is 15.9 Å². The van der Waals surface area contributed by atoms with Gasteiger partial charge in [-0.05, 0) is 59.3 Å². The average Bonchev–Trinajstić information content (AvgIpc) is 3.45. The summed E-state index contributed by atoms with van der Waals surface area (Å²) in [5, 5.41) is 8.20. The number of hydrogen-bond acceptors (Lipinski definition) is 5. The molecule has 9 heteroatoms. The number of likely N-dealkylation sites (tertiary alicyclic amines) is 1. The molecule has 1 aliphatic heterocycles. The molecule has 3 atom stereocenters. The lowest BCUT2D eigenvalue weighted by Gasteiger charge is -2.32. The summed E-state index contributed by atoms with van der Waals surface area (Å²) in [7, 11) is 0. The molecule has 0 spiro atoms. The van der Waals surface area contributed by atoms with Crippen LogP contribution in [0.4, 0.5) is 5.82 Å². The molecule has 2 aliphatic rings. The molecular weight excluding hydrogens is 546 g/mol. The van der Waals surface area contributed by atoms with Gasteiger partial charge in [-0.25, -0.2) is 4.98 Å². The van der Waals surface area contributed by atoms with E-state index in [0.717, 1.165) is 43.0 Å². The van der Waals surface area contributed by atoms with Gasteiger partial charge in [0.05, 0.1) is 5.52 Å². The number of aromatic nitrogens is 3. The molecule has 200 valence electrons. The zero-order chi connectivity index (χ0) is 26.6. The number of carbonyl (C=O) groups is 3. The maximum absolute atomic E-state index is 14.0. The van der Waals surface area contributed by atoms with Gasteiger partial charge in [-0.1, -0.05) is 62.8 Å². The van der Waals surface area contributed by atoms with Crippen LogP contribution in [0, 0.1) is 5.92 Å². The van der Waals surface area contributed by atoms with Gasteiger partial charge in [0, 0.05) is 18.4 Å². The molecular formula is C29H34BrN5O3. The maximum Gasteiger partial charge on any atom is 0.248 e. The number of nitrogens with zero attached hydrogens (tertiary/aromatic N) is 4. The van der Waals surface area contributed by atoms with Crippen LogP contribution in [0.1, 0.15) is 75.2 Å². The van der Waals surface area contributed by atoms with E-state index in [-0.39, 0.29) is 36.1 Å². The number of fused-ring (bicyclic) bond motifs is 2. The number of ketones is 1. The lowest BCUT2D eigenvalue weighted by Crippen LogP contribution is -2.48. The van der Waals surface area contributed by atoms with E-state index < -0.39 is 6.04 Å². The van der Waals surface area contributed by atoms with Crippen molar-refractivity contribution in [2.45, 2.75) is 83.3 Å². The zero-order valence-electron chi connectivity index (χ0n) is 21.7. The van der Waals surface area contributed by atoms with E-state index in [0.29, 0.717) is 22.5 Å². The second-order valence-electron chi connectivity index (χ2n) is 10.5. The summed E-state index contributed by atoms with van der Waals surface area (Å²) in [4.78, 5) is 46.1. The molecule has 2 amide bonds. The van der Waals surface area contributed by atoms with Gasteiger partial charge in [0.25, 0.3) is 0 Å². The zero-order valence-corrected chi connectivity index (χ0v) is 23.3. The van der Waals surface area contributed by atoms with Gasteiger partial charge in [-0.15, -0.1) is 0 Å². The minimum Gasteiger partial charge on any atom is -0.326 e. The second kappa shape index (κ2) is 11.8. The van der Waals surface area contributed by atoms with E-state index in [9.17, 15) is 14.4 Å². The minimum atomic E-state index is -0.576. The van der Waals surface area contributed by atoms with Crippen LogP contribution in [-0.4, -0.2) is 49.3 Å². The number of Topliss-reactive ketones (excluding diaryl/α,β-unsaturated/α-hetero) is 1. The van der Waals surface area contributed by atoms with Gasteiger partial charge in [0.1, 0.15) is 28.7 Å². The van der Waals surface area contributed by atoms with Gasteiger partial charge in [-0.3, -0.25) is 19.1 Å². The summed E-state index contributed by atoms with van der Waals surface area (Å²) in [6, 6.07) is 12.3. The molecule has 0 radical (unpaired) electrons. The molecule has 1 aliphatic carbocycles. The number of para-hydroxylation sites is 1. The molecule has 1 saturated heterocycles. The molecule has 5 rings (SSSR count). The summed E-state index contributed by atoms with van der Waals surface area (Å²) < 4.78 is 2.25. The number of benzene rings is 1. The van der Waals surface area contributed by atoms with Crippen LogP contribution in [-0.2, 0) is 16.1 Å². The molecule has 3 heterocycles. The number of pyridine rings is 1. The van der Waals surface area contributed by atoms with E-state index >= 15 is 0 Å². The standard InChI is InChI=1S/C29H34BrN5O3/c1-19(36)28-21-12-8-9-14-23(21)34(33-28)18-27(37)35-22-13-7-5-3-2-4-6-11-20(22)17-24(35)29(38)32-26-16-10-15-25(30)31-26/h8-10,12,14-16,20,22,24H,2-7,11,13,17-18H2,1H3,(H,31,32,38). The number of halogens is 1. The van der Waals surface area contributed by atoms with E-state index in [4.69, 9.17) is 0 Å². The van der Waals surface area contributed by atoms with Crippen molar-refractivity contribution in [3.63, 3.8) is 0 Å². The third-order valence-corrected chi connectivity index (χ3v) is 8.36. The number of nitrogens with one attached hydrogen (secondary N) is 1. The Morgan fingerprint density at radius 2 is 1.71 bits per heavy atom. The Kier molecular flexibility index (Phi) is 8.21. The Morgan fingerprint density at radius 3 is 2.47 bits per heavy atom. The highest BCUT2D eigenvalue weighted by atomic mass is 79.9. The Balaban J connectivity index is 1.45. The highest BCUT2D eigenvalue weighted by Gasteiger charge is 2.46. The SMILES string of the molecule is CC(=O)c1nn(CC(=O)N2C(C(=O)Nc3cccc(Br)n3)CC3CCCCCCCCC32)c2ccccc12. The molecule has 1 saturated carbocycles. The van der Waals surface area contributed by atoms with E-state index in [1.54, 1.807) is 16.8 Å². The lowest BCUT2D eigenvalue weighted by molar-refractivity contribution is -0.139. The van der Waals surface area contributed by atoms with Crippen LogP contribution in [0.5, 0.6) is 0 Å². The van der Waals surface area contributed by atoms with Gasteiger partial charge >= 0.3 is 0 Å². The summed E-state index contributed by atoms with van der Waals surface area (Å²) >= 11 is 3.36. The van der Waals surface area contributed by atoms with Crippen molar-refractivity contribution < 1.29 is 14.4 Å². The smallest absolute Gasteiger partial charge is 0.248 e. The molecule has 2 aromatic heterocycles. The first kappa shape index (κ1) is 26.5. The van der Waals surface area contributed by atoms with Crippen molar-refractivity contribution in [2.75, 3.05) is 5.32 Å². The number of anilines is 1. The highest BCUT2D eigenvalue weighted by molar-refractivity contribution is 9.10. The molecule has 0 bridgehead atoms. The van der Waals surface area contributed by atoms with Gasteiger partial charge in [-0.2, -0.15) is 5.10 Å². The molecule has 3 aromatic rings. The third kappa shape index (κ3) is 5.67. The summed E-state index contributed by atoms with van der Waals surface area (Å²) in [6.07, 6.45) is 9.55. The van der Waals surface area contributed by atoms with Gasteiger partial charge in [0.2, 0.25) is 11.8 Å². The maximum atomic E-state index is 14.0. The highest BCUT2D eigenvalue weighted by Crippen LogP contribution is 2.38. The van der Waals surface area contributed by atoms with Crippen molar-refractivity contribution in [2.24, 2.45) is 5.92 Å². The van der Waals surface area contributed by atoms with Gasteiger partial charge < -0.3 is 10.2 Å². The fourth-order valence-corrected chi connectivity index (χ4v) is 6.51. The molecule has 2 fully saturated rings. The van der Waals surface area contributed by atoms with Crippen molar-refractivity contribution in [3.8, 4) is 0 Å². The topological polar surface area (TPSA) is 97.2 Å². The number of carbonyl (C=O) groups excluding carboxylic acids is 3. The Labute approximate surface area is 231 Å². The van der Waals surface area contributed by atoms with Crippen LogP contribution in [0.15, 0.2) is 47.1 Å². The Morgan fingerprint density at radius 1 is 0.974 bits per heavy atom. The van der Waals surface area contributed by atoms with Crippen molar-refractivity contribution in [1.82, 2.24) is 19.7 Å². The van der Waals surface area contributed by atoms with Crippen molar-refractivity contribution >= 4 is 50.2 Å². The molecule has 8 nitrogen and oxygen atoms in total. The van der Waals surface area contributed by atoms with Crippen molar-refractivity contribution in [1.29, 1.82) is 0 Å². The van der Waals surface area contributed by atoms with Crippen LogP contribution in [0.2, 0.25) is 0 Å². The minimum absolute atomic E-state index is 0.0147. The normalized spacial score (nSPS) is 22.2. The number of hydrogen-bond donors (Lipinski definition) is 1. The quantitative estimate of drug-likeness (QED) is 0.306. The monoisotopic (exact) mass is 579 g/mol. The predicted octanol–water partition coefficient (Wildman–Crippen LogP) is 5.76. The predicted molar refractivity (Wildman–Crippen MR) is 150 cm³/mol. The summed E-state index contributed by atoms with van der Waals surface area (Å²) in [5.74, 6) is 0.255. The average molecular weight is 581 g/mol. The molecule has 3 unspecified atom stereocenters. The molecule has 1 N–H and O–H groups in total. The second-order valence-corrected chi connectivity index (χ2v) is 11.3. The number of amides is 2. The number of rotatable bonds is 5. The third-order valence-electron chi connectivity index (χ3n) is 7.92. The molecule has 1 aromatic carbocycles. The first-order valence-electron chi connectivity index (χ1n) is 13.6. The Hall–Kier alpha value is -3.07. The Bertz CT molecular complexity index is 1340. The fourth-order valence-electron chi connectivity index (χ4n) is 6.17. The van der Waals surface area contributed by atoms with Crippen LogP contribution in [0.3, 0.4) is 0 Å². The van der Waals surface area contributed by atoms with Crippen LogP contribution in [0.25, 0.3) is 10.9 Å². The van der Waals surface area contributed by atoms with E-state index in [1.165, 1.54) is 26.2 Å². The largest absolute Gasteiger partial charge is 0.326 e. The molecule has 38 heavy (non-hydrogen) atoms. The first-order chi connectivity index (χ1) is 18.4. The summed E-state index contributed by atoms with van der Waals surface area (Å²) in [5.41, 5.74) is 1.11. The van der Waals surface area contributed by atoms with Crippen LogP contribution < -0.4 is 5.32 Å². The van der Waals surface area contributed by atoms with Gasteiger partial charge in [0.15, 0.2) is 5.78 Å². The first-order valence-corrected chi connectivity index (χ1v) is 14.4. The lowest BCUT2D eigenvalue weighted by atomic mass is 9.88. The van der Waals surface area contributed by atoms with E-state index in [1.807, 2.05) is 35.2 Å². The summed E-state index contributed by atoms with van der Waals surface area (Å²) in [6.45, 7) is 1.47. The fraction of sp³-hybridized carbons (Fsp3) is 0.483. The van der Waals surface area contributed by atoms with E-state index in [2.05, 4.69) is 31.3 Å². The van der Waals surface area contributed by atoms with Crippen molar-refractivity contribution in [3.05, 3.63) is 52.8 Å².